The van der Waals surface area contributed by atoms with E-state index in [1.165, 1.54) is 15.5 Å². The molecular weight excluding hydrogens is 348 g/mol. The first kappa shape index (κ1) is 20.1. The maximum absolute atomic E-state index is 12.6. The van der Waals surface area contributed by atoms with E-state index in [2.05, 4.69) is 0 Å². The molecule has 0 unspecified atom stereocenters. The Morgan fingerprint density at radius 1 is 1.24 bits per heavy atom. The Labute approximate surface area is 149 Å². The van der Waals surface area contributed by atoms with Crippen molar-refractivity contribution in [3.8, 4) is 0 Å². The minimum absolute atomic E-state index is 0.161. The van der Waals surface area contributed by atoms with Crippen LogP contribution in [0.15, 0.2) is 0 Å². The minimum Gasteiger partial charge on any atom is -0.480 e. The van der Waals surface area contributed by atoms with E-state index < -0.39 is 16.0 Å². The maximum atomic E-state index is 12.6. The first-order valence-corrected chi connectivity index (χ1v) is 10.7. The van der Waals surface area contributed by atoms with Crippen molar-refractivity contribution < 1.29 is 27.9 Å². The number of carbonyl (C=O) groups excluding carboxylic acids is 1. The van der Waals surface area contributed by atoms with E-state index in [4.69, 9.17) is 9.84 Å². The second kappa shape index (κ2) is 8.95. The second-order valence-corrected chi connectivity index (χ2v) is 8.91. The van der Waals surface area contributed by atoms with Crippen molar-refractivity contribution in [3.05, 3.63) is 0 Å². The lowest BCUT2D eigenvalue weighted by molar-refractivity contribution is -0.147. The van der Waals surface area contributed by atoms with Crippen LogP contribution in [0.4, 0.5) is 0 Å². The van der Waals surface area contributed by atoms with E-state index in [-0.39, 0.29) is 18.5 Å². The number of piperidine rings is 1. The average molecular weight is 376 g/mol. The van der Waals surface area contributed by atoms with Crippen LogP contribution in [0.25, 0.3) is 0 Å². The lowest BCUT2D eigenvalue weighted by Gasteiger charge is -2.37. The number of carbonyl (C=O) groups is 2. The van der Waals surface area contributed by atoms with Gasteiger partial charge in [0.05, 0.1) is 6.26 Å². The van der Waals surface area contributed by atoms with Crippen LogP contribution in [0.3, 0.4) is 0 Å². The van der Waals surface area contributed by atoms with Crippen molar-refractivity contribution in [2.45, 2.75) is 44.6 Å². The smallest absolute Gasteiger partial charge is 0.323 e. The molecule has 2 aliphatic rings. The molecule has 1 atom stereocenters. The Balaban J connectivity index is 1.91. The predicted molar refractivity (Wildman–Crippen MR) is 91.6 cm³/mol. The fourth-order valence-corrected chi connectivity index (χ4v) is 4.43. The normalized spacial score (nSPS) is 23.3. The van der Waals surface area contributed by atoms with Gasteiger partial charge in [0, 0.05) is 38.8 Å². The first-order valence-electron chi connectivity index (χ1n) is 8.81. The molecule has 25 heavy (non-hydrogen) atoms. The molecule has 9 heteroatoms. The van der Waals surface area contributed by atoms with E-state index in [9.17, 15) is 18.0 Å². The Bertz CT molecular complexity index is 565. The Morgan fingerprint density at radius 2 is 1.92 bits per heavy atom. The van der Waals surface area contributed by atoms with Crippen LogP contribution in [0, 0.1) is 5.92 Å². The maximum Gasteiger partial charge on any atom is 0.323 e. The zero-order valence-electron chi connectivity index (χ0n) is 14.7. The SMILES string of the molecule is CS(=O)(=O)N1CCC(N(CC(=O)O)C(=O)CC[C@@H]2CCCOC2)CC1. The number of amides is 1. The highest BCUT2D eigenvalue weighted by Crippen LogP contribution is 2.22. The highest BCUT2D eigenvalue weighted by Gasteiger charge is 2.32. The number of sulfonamides is 1. The van der Waals surface area contributed by atoms with Gasteiger partial charge in [-0.3, -0.25) is 9.59 Å². The molecule has 0 saturated carbocycles. The molecule has 0 aromatic heterocycles. The molecule has 0 spiro atoms. The summed E-state index contributed by atoms with van der Waals surface area (Å²) in [6.45, 7) is 1.75. The third-order valence-electron chi connectivity index (χ3n) is 4.98. The standard InChI is InChI=1S/C16H28N2O6S/c1-25(22,23)17-8-6-14(7-9-17)18(11-16(20)21)15(19)5-4-13-3-2-10-24-12-13/h13-14H,2-12H2,1H3,(H,20,21)/t13-/m0/s1. The number of ether oxygens (including phenoxy) is 1. The summed E-state index contributed by atoms with van der Waals surface area (Å²) in [4.78, 5) is 25.2. The number of hydrogen-bond acceptors (Lipinski definition) is 5. The van der Waals surface area contributed by atoms with E-state index in [1.54, 1.807) is 0 Å². The highest BCUT2D eigenvalue weighted by molar-refractivity contribution is 7.88. The fraction of sp³-hybridized carbons (Fsp3) is 0.875. The van der Waals surface area contributed by atoms with Gasteiger partial charge in [-0.25, -0.2) is 12.7 Å². The molecule has 2 saturated heterocycles. The number of carboxylic acid groups (broad SMARTS) is 1. The summed E-state index contributed by atoms with van der Waals surface area (Å²) < 4.78 is 30.0. The second-order valence-electron chi connectivity index (χ2n) is 6.93. The molecule has 1 N–H and O–H groups in total. The number of aliphatic carboxylic acids is 1. The number of carboxylic acids is 1. The van der Waals surface area contributed by atoms with E-state index >= 15 is 0 Å². The van der Waals surface area contributed by atoms with Crippen molar-refractivity contribution in [2.75, 3.05) is 39.1 Å². The Kier molecular flexibility index (Phi) is 7.21. The third-order valence-corrected chi connectivity index (χ3v) is 6.28. The van der Waals surface area contributed by atoms with Gasteiger partial charge in [0.2, 0.25) is 15.9 Å². The molecule has 2 fully saturated rings. The van der Waals surface area contributed by atoms with Gasteiger partial charge in [-0.1, -0.05) is 0 Å². The van der Waals surface area contributed by atoms with Crippen LogP contribution >= 0.6 is 0 Å². The fourth-order valence-electron chi connectivity index (χ4n) is 3.56. The van der Waals surface area contributed by atoms with Crippen molar-refractivity contribution in [2.24, 2.45) is 5.92 Å². The number of hydrogen-bond donors (Lipinski definition) is 1. The summed E-state index contributed by atoms with van der Waals surface area (Å²) >= 11 is 0. The van der Waals surface area contributed by atoms with Crippen LogP contribution in [0.1, 0.15) is 38.5 Å². The van der Waals surface area contributed by atoms with Crippen LogP contribution in [-0.4, -0.2) is 79.8 Å². The van der Waals surface area contributed by atoms with Gasteiger partial charge in [0.15, 0.2) is 0 Å². The molecule has 8 nitrogen and oxygen atoms in total. The molecule has 2 rings (SSSR count). The van der Waals surface area contributed by atoms with Crippen molar-refractivity contribution >= 4 is 21.9 Å². The topological polar surface area (TPSA) is 104 Å². The molecule has 144 valence electrons. The predicted octanol–water partition coefficient (Wildman–Crippen LogP) is 0.530. The Morgan fingerprint density at radius 3 is 2.44 bits per heavy atom. The number of rotatable bonds is 7. The van der Waals surface area contributed by atoms with Crippen LogP contribution in [0.5, 0.6) is 0 Å². The molecule has 0 aromatic rings. The van der Waals surface area contributed by atoms with Gasteiger partial charge in [0.25, 0.3) is 0 Å². The molecular formula is C16H28N2O6S. The highest BCUT2D eigenvalue weighted by atomic mass is 32.2. The zero-order valence-corrected chi connectivity index (χ0v) is 15.5. The van der Waals surface area contributed by atoms with Gasteiger partial charge in [-0.15, -0.1) is 0 Å². The lowest BCUT2D eigenvalue weighted by Crippen LogP contribution is -2.50. The summed E-state index contributed by atoms with van der Waals surface area (Å²) in [5.41, 5.74) is 0. The van der Waals surface area contributed by atoms with E-state index in [0.717, 1.165) is 19.4 Å². The van der Waals surface area contributed by atoms with Crippen LogP contribution < -0.4 is 0 Å². The molecule has 2 heterocycles. The minimum atomic E-state index is -3.24. The summed E-state index contributed by atoms with van der Waals surface area (Å²) in [6, 6.07) is -0.218. The van der Waals surface area contributed by atoms with Gasteiger partial charge < -0.3 is 14.7 Å². The van der Waals surface area contributed by atoms with Crippen LogP contribution in [0.2, 0.25) is 0 Å². The van der Waals surface area contributed by atoms with Crippen molar-refractivity contribution in [1.29, 1.82) is 0 Å². The molecule has 0 aromatic carbocycles. The van der Waals surface area contributed by atoms with Gasteiger partial charge in [-0.05, 0) is 38.0 Å². The third kappa shape index (κ3) is 6.23. The lowest BCUT2D eigenvalue weighted by atomic mass is 9.96. The molecule has 0 aliphatic carbocycles. The van der Waals surface area contributed by atoms with Crippen molar-refractivity contribution in [3.63, 3.8) is 0 Å². The van der Waals surface area contributed by atoms with Crippen LogP contribution in [-0.2, 0) is 24.3 Å². The summed E-state index contributed by atoms with van der Waals surface area (Å²) in [6.07, 6.45) is 5.17. The molecule has 1 amide bonds. The monoisotopic (exact) mass is 376 g/mol. The summed E-state index contributed by atoms with van der Waals surface area (Å²) in [7, 11) is -3.24. The summed E-state index contributed by atoms with van der Waals surface area (Å²) in [5, 5.41) is 9.14. The quantitative estimate of drug-likeness (QED) is 0.695. The summed E-state index contributed by atoms with van der Waals surface area (Å²) in [5.74, 6) is -0.845. The van der Waals surface area contributed by atoms with E-state index in [1.807, 2.05) is 0 Å². The Hall–Kier alpha value is -1.19. The van der Waals surface area contributed by atoms with Gasteiger partial charge in [-0.2, -0.15) is 0 Å². The molecule has 0 radical (unpaired) electrons. The first-order chi connectivity index (χ1) is 11.8. The largest absolute Gasteiger partial charge is 0.480 e. The number of nitrogens with zero attached hydrogens (tertiary/aromatic N) is 2. The van der Waals surface area contributed by atoms with Gasteiger partial charge in [0.1, 0.15) is 6.54 Å². The average Bonchev–Trinajstić information content (AvgIpc) is 2.58. The molecule has 0 bridgehead atoms. The zero-order chi connectivity index (χ0) is 18.4. The van der Waals surface area contributed by atoms with E-state index in [0.29, 0.717) is 51.3 Å². The van der Waals surface area contributed by atoms with Gasteiger partial charge >= 0.3 is 5.97 Å². The molecule has 2 aliphatic heterocycles. The van der Waals surface area contributed by atoms with Crippen molar-refractivity contribution in [1.82, 2.24) is 9.21 Å².